The number of carbonyl (C=O) groups is 2. The van der Waals surface area contributed by atoms with Gasteiger partial charge >= 0.3 is 12.0 Å². The number of urea groups is 1. The van der Waals surface area contributed by atoms with Crippen molar-refractivity contribution in [3.63, 3.8) is 0 Å². The zero-order valence-corrected chi connectivity index (χ0v) is 11.4. The molecule has 0 radical (unpaired) electrons. The molecule has 1 aromatic carbocycles. The number of rotatable bonds is 5. The minimum atomic E-state index is -1.03. The summed E-state index contributed by atoms with van der Waals surface area (Å²) in [6, 6.07) is 6.25. The Hall–Kier alpha value is -2.04. The van der Waals surface area contributed by atoms with Gasteiger partial charge in [-0.2, -0.15) is 0 Å². The minimum absolute atomic E-state index is 0.174. The average Bonchev–Trinajstić information content (AvgIpc) is 2.35. The highest BCUT2D eigenvalue weighted by Crippen LogP contribution is 2.16. The summed E-state index contributed by atoms with van der Waals surface area (Å²) in [5, 5.41) is 14.1. The first-order chi connectivity index (χ1) is 8.95. The summed E-state index contributed by atoms with van der Waals surface area (Å²) in [5.74, 6) is -1.03. The number of hydrogen-bond acceptors (Lipinski definition) is 2. The van der Waals surface area contributed by atoms with E-state index in [1.54, 1.807) is 6.92 Å². The first-order valence-corrected chi connectivity index (χ1v) is 6.31. The maximum atomic E-state index is 11.7. The Labute approximate surface area is 113 Å². The molecule has 0 aliphatic rings. The van der Waals surface area contributed by atoms with Crippen molar-refractivity contribution in [1.29, 1.82) is 0 Å². The molecule has 0 fully saturated rings. The van der Waals surface area contributed by atoms with Crippen LogP contribution in [0.3, 0.4) is 0 Å². The van der Waals surface area contributed by atoms with Gasteiger partial charge in [-0.15, -0.1) is 0 Å². The predicted molar refractivity (Wildman–Crippen MR) is 73.0 cm³/mol. The van der Waals surface area contributed by atoms with Crippen LogP contribution in [-0.2, 0) is 4.79 Å². The first-order valence-electron chi connectivity index (χ1n) is 6.31. The van der Waals surface area contributed by atoms with E-state index in [2.05, 4.69) is 10.6 Å². The van der Waals surface area contributed by atoms with E-state index in [9.17, 15) is 9.59 Å². The molecule has 104 valence electrons. The summed E-state index contributed by atoms with van der Waals surface area (Å²) >= 11 is 0. The Kier molecular flexibility index (Phi) is 5.36. The fraction of sp³-hybridized carbons (Fsp3) is 0.429. The highest BCUT2D eigenvalue weighted by molar-refractivity contribution is 5.82. The van der Waals surface area contributed by atoms with Crippen LogP contribution < -0.4 is 10.6 Å². The lowest BCUT2D eigenvalue weighted by Crippen LogP contribution is -2.46. The molecule has 2 unspecified atom stereocenters. The number of aliphatic carboxylic acids is 1. The van der Waals surface area contributed by atoms with Crippen LogP contribution in [0.25, 0.3) is 0 Å². The van der Waals surface area contributed by atoms with Gasteiger partial charge in [0.15, 0.2) is 0 Å². The van der Waals surface area contributed by atoms with E-state index in [1.807, 2.05) is 38.1 Å². The summed E-state index contributed by atoms with van der Waals surface area (Å²) in [5.41, 5.74) is 2.10. The molecule has 0 aliphatic heterocycles. The smallest absolute Gasteiger partial charge is 0.326 e. The predicted octanol–water partition coefficient (Wildman–Crippen LogP) is 2.22. The van der Waals surface area contributed by atoms with Crippen molar-refractivity contribution in [2.75, 3.05) is 0 Å². The summed E-state index contributed by atoms with van der Waals surface area (Å²) in [7, 11) is 0. The van der Waals surface area contributed by atoms with Crippen LogP contribution in [0.15, 0.2) is 24.3 Å². The van der Waals surface area contributed by atoms with Crippen LogP contribution in [0.5, 0.6) is 0 Å². The molecule has 0 saturated heterocycles. The molecular formula is C14H20N2O3. The van der Waals surface area contributed by atoms with Gasteiger partial charge in [0.25, 0.3) is 0 Å². The summed E-state index contributed by atoms with van der Waals surface area (Å²) in [4.78, 5) is 22.6. The van der Waals surface area contributed by atoms with E-state index < -0.39 is 18.0 Å². The van der Waals surface area contributed by atoms with E-state index in [0.717, 1.165) is 11.1 Å². The lowest BCUT2D eigenvalue weighted by molar-refractivity contribution is -0.139. The number of nitrogens with one attached hydrogen (secondary N) is 2. The monoisotopic (exact) mass is 264 g/mol. The maximum Gasteiger partial charge on any atom is 0.326 e. The summed E-state index contributed by atoms with van der Waals surface area (Å²) in [6.45, 7) is 5.55. The van der Waals surface area contributed by atoms with Crippen molar-refractivity contribution in [2.24, 2.45) is 0 Å². The fourth-order valence-electron chi connectivity index (χ4n) is 1.89. The van der Waals surface area contributed by atoms with Crippen molar-refractivity contribution >= 4 is 12.0 Å². The normalized spacial score (nSPS) is 13.4. The van der Waals surface area contributed by atoms with Crippen molar-refractivity contribution < 1.29 is 14.7 Å². The number of amides is 2. The van der Waals surface area contributed by atoms with Crippen LogP contribution in [0.1, 0.15) is 37.4 Å². The average molecular weight is 264 g/mol. The summed E-state index contributed by atoms with van der Waals surface area (Å²) in [6.07, 6.45) is 0.349. The third-order valence-corrected chi connectivity index (χ3v) is 3.01. The molecule has 0 spiro atoms. The summed E-state index contributed by atoms with van der Waals surface area (Å²) < 4.78 is 0. The van der Waals surface area contributed by atoms with Gasteiger partial charge in [-0.1, -0.05) is 31.2 Å². The largest absolute Gasteiger partial charge is 0.480 e. The van der Waals surface area contributed by atoms with Crippen LogP contribution in [0, 0.1) is 6.92 Å². The maximum absolute atomic E-state index is 11.7. The molecule has 3 N–H and O–H groups in total. The molecule has 19 heavy (non-hydrogen) atoms. The molecule has 0 heterocycles. The van der Waals surface area contributed by atoms with Gasteiger partial charge in [0.1, 0.15) is 6.04 Å². The van der Waals surface area contributed by atoms with Crippen molar-refractivity contribution in [1.82, 2.24) is 10.6 Å². The van der Waals surface area contributed by atoms with Gasteiger partial charge in [-0.3, -0.25) is 0 Å². The molecule has 2 amide bonds. The van der Waals surface area contributed by atoms with E-state index in [-0.39, 0.29) is 6.04 Å². The zero-order valence-electron chi connectivity index (χ0n) is 11.4. The molecule has 0 aliphatic carbocycles. The molecule has 5 nitrogen and oxygen atoms in total. The van der Waals surface area contributed by atoms with E-state index in [1.165, 1.54) is 0 Å². The van der Waals surface area contributed by atoms with Gasteiger partial charge in [-0.05, 0) is 31.4 Å². The number of aryl methyl sites for hydroxylation is 1. The molecule has 2 atom stereocenters. The minimum Gasteiger partial charge on any atom is -0.480 e. The molecule has 0 aromatic heterocycles. The zero-order chi connectivity index (χ0) is 14.4. The number of carboxylic acids is 1. The molecule has 0 saturated carbocycles. The van der Waals surface area contributed by atoms with Gasteiger partial charge in [0.2, 0.25) is 0 Å². The number of hydrogen-bond donors (Lipinski definition) is 3. The van der Waals surface area contributed by atoms with Crippen molar-refractivity contribution in [2.45, 2.75) is 39.3 Å². The SMILES string of the molecule is CCC(NC(=O)NC(C)c1ccccc1C)C(=O)O. The van der Waals surface area contributed by atoms with Gasteiger partial charge in [0, 0.05) is 0 Å². The standard InChI is InChI=1S/C14H20N2O3/c1-4-12(13(17)18)16-14(19)15-10(3)11-8-6-5-7-9(11)2/h5-8,10,12H,4H2,1-3H3,(H,17,18)(H2,15,16,19). The van der Waals surface area contributed by atoms with E-state index >= 15 is 0 Å². The molecular weight excluding hydrogens is 244 g/mol. The van der Waals surface area contributed by atoms with Crippen molar-refractivity contribution in [3.05, 3.63) is 35.4 Å². The van der Waals surface area contributed by atoms with E-state index in [4.69, 9.17) is 5.11 Å². The lowest BCUT2D eigenvalue weighted by atomic mass is 10.0. The number of carboxylic acid groups (broad SMARTS) is 1. The quantitative estimate of drug-likeness (QED) is 0.763. The molecule has 0 bridgehead atoms. The fourth-order valence-corrected chi connectivity index (χ4v) is 1.89. The molecule has 1 aromatic rings. The second-order valence-electron chi connectivity index (χ2n) is 4.50. The topological polar surface area (TPSA) is 78.4 Å². The van der Waals surface area contributed by atoms with Crippen LogP contribution in [0.4, 0.5) is 4.79 Å². The van der Waals surface area contributed by atoms with Crippen LogP contribution in [0.2, 0.25) is 0 Å². The lowest BCUT2D eigenvalue weighted by Gasteiger charge is -2.19. The Bertz CT molecular complexity index is 460. The number of carbonyl (C=O) groups excluding carboxylic acids is 1. The third kappa shape index (κ3) is 4.28. The van der Waals surface area contributed by atoms with E-state index in [0.29, 0.717) is 6.42 Å². The first kappa shape index (κ1) is 15.0. The Balaban J connectivity index is 2.62. The van der Waals surface area contributed by atoms with Crippen molar-refractivity contribution in [3.8, 4) is 0 Å². The molecule has 1 rings (SSSR count). The van der Waals surface area contributed by atoms with Gasteiger partial charge < -0.3 is 15.7 Å². The highest BCUT2D eigenvalue weighted by atomic mass is 16.4. The Morgan fingerprint density at radius 1 is 1.26 bits per heavy atom. The second-order valence-corrected chi connectivity index (χ2v) is 4.50. The third-order valence-electron chi connectivity index (χ3n) is 3.01. The van der Waals surface area contributed by atoms with Crippen LogP contribution in [-0.4, -0.2) is 23.1 Å². The Morgan fingerprint density at radius 2 is 1.89 bits per heavy atom. The van der Waals surface area contributed by atoms with Gasteiger partial charge in [-0.25, -0.2) is 9.59 Å². The Morgan fingerprint density at radius 3 is 2.42 bits per heavy atom. The molecule has 5 heteroatoms. The number of benzene rings is 1. The highest BCUT2D eigenvalue weighted by Gasteiger charge is 2.19. The van der Waals surface area contributed by atoms with Crippen LogP contribution >= 0.6 is 0 Å². The second kappa shape index (κ2) is 6.78. The van der Waals surface area contributed by atoms with Gasteiger partial charge in [0.05, 0.1) is 6.04 Å².